The molecule has 5 nitrogen and oxygen atoms in total. The number of anilines is 1. The van der Waals surface area contributed by atoms with Gasteiger partial charge in [-0.25, -0.2) is 0 Å². The molecule has 0 aliphatic rings. The summed E-state index contributed by atoms with van der Waals surface area (Å²) >= 11 is 0. The third kappa shape index (κ3) is 1.87. The maximum absolute atomic E-state index is 5.44. The van der Waals surface area contributed by atoms with Crippen molar-refractivity contribution >= 4 is 17.0 Å². The Morgan fingerprint density at radius 1 is 1.29 bits per heavy atom. The van der Waals surface area contributed by atoms with Crippen LogP contribution in [-0.2, 0) is 6.54 Å². The zero-order chi connectivity index (χ0) is 11.7. The van der Waals surface area contributed by atoms with Gasteiger partial charge in [0.25, 0.3) is 0 Å². The highest BCUT2D eigenvalue weighted by atomic mass is 16.5. The van der Waals surface area contributed by atoms with Gasteiger partial charge in [0.1, 0.15) is 5.58 Å². The predicted molar refractivity (Wildman–Crippen MR) is 62.6 cm³/mol. The largest absolute Gasteiger partial charge is 0.464 e. The van der Waals surface area contributed by atoms with Gasteiger partial charge in [0.2, 0.25) is 0 Å². The fourth-order valence-corrected chi connectivity index (χ4v) is 1.73. The molecular formula is C12H11N3O2. The van der Waals surface area contributed by atoms with E-state index < -0.39 is 0 Å². The Kier molecular flexibility index (Phi) is 2.29. The molecule has 5 heteroatoms. The van der Waals surface area contributed by atoms with Gasteiger partial charge in [-0.05, 0) is 13.0 Å². The Balaban J connectivity index is 1.83. The molecule has 3 rings (SSSR count). The van der Waals surface area contributed by atoms with Gasteiger partial charge in [0, 0.05) is 17.5 Å². The molecule has 0 saturated carbocycles. The molecule has 0 spiro atoms. The second kappa shape index (κ2) is 3.93. The molecule has 0 bridgehead atoms. The van der Waals surface area contributed by atoms with Crippen molar-refractivity contribution in [3.05, 3.63) is 41.9 Å². The van der Waals surface area contributed by atoms with E-state index in [2.05, 4.69) is 15.5 Å². The van der Waals surface area contributed by atoms with Crippen LogP contribution in [0.2, 0.25) is 0 Å². The summed E-state index contributed by atoms with van der Waals surface area (Å²) in [6.07, 6.45) is 1.69. The van der Waals surface area contributed by atoms with E-state index in [1.165, 1.54) is 0 Å². The number of furan rings is 1. The topological polar surface area (TPSA) is 64.1 Å². The van der Waals surface area contributed by atoms with Crippen LogP contribution in [0.3, 0.4) is 0 Å². The molecule has 0 aliphatic heterocycles. The average molecular weight is 229 g/mol. The van der Waals surface area contributed by atoms with Crippen LogP contribution in [0, 0.1) is 6.92 Å². The van der Waals surface area contributed by atoms with Crippen LogP contribution in [0.4, 0.5) is 6.01 Å². The van der Waals surface area contributed by atoms with Crippen molar-refractivity contribution < 1.29 is 8.94 Å². The van der Waals surface area contributed by atoms with Crippen LogP contribution >= 0.6 is 0 Å². The van der Waals surface area contributed by atoms with Crippen LogP contribution in [0.15, 0.2) is 39.5 Å². The van der Waals surface area contributed by atoms with E-state index in [1.807, 2.05) is 24.3 Å². The molecule has 0 radical (unpaired) electrons. The Morgan fingerprint density at radius 2 is 2.24 bits per heavy atom. The van der Waals surface area contributed by atoms with Gasteiger partial charge < -0.3 is 14.3 Å². The Morgan fingerprint density at radius 3 is 3.06 bits per heavy atom. The number of nitrogens with one attached hydrogen (secondary N) is 1. The van der Waals surface area contributed by atoms with Crippen molar-refractivity contribution in [2.45, 2.75) is 13.5 Å². The van der Waals surface area contributed by atoms with E-state index in [-0.39, 0.29) is 0 Å². The molecule has 0 atom stereocenters. The second-order valence-electron chi connectivity index (χ2n) is 3.76. The molecule has 86 valence electrons. The Labute approximate surface area is 97.4 Å². The highest BCUT2D eigenvalue weighted by molar-refractivity contribution is 5.80. The van der Waals surface area contributed by atoms with Crippen molar-refractivity contribution in [3.63, 3.8) is 0 Å². The first kappa shape index (κ1) is 9.89. The summed E-state index contributed by atoms with van der Waals surface area (Å²) in [7, 11) is 0. The van der Waals surface area contributed by atoms with E-state index in [1.54, 1.807) is 13.2 Å². The van der Waals surface area contributed by atoms with Gasteiger partial charge >= 0.3 is 6.01 Å². The molecule has 3 aromatic rings. The number of aromatic nitrogens is 2. The molecule has 2 aromatic heterocycles. The maximum atomic E-state index is 5.44. The van der Waals surface area contributed by atoms with Gasteiger partial charge in [-0.3, -0.25) is 0 Å². The van der Waals surface area contributed by atoms with E-state index >= 15 is 0 Å². The molecule has 17 heavy (non-hydrogen) atoms. The number of fused-ring (bicyclic) bond motifs is 1. The van der Waals surface area contributed by atoms with Crippen LogP contribution in [-0.4, -0.2) is 10.1 Å². The van der Waals surface area contributed by atoms with Gasteiger partial charge in [0.15, 0.2) is 5.82 Å². The summed E-state index contributed by atoms with van der Waals surface area (Å²) < 4.78 is 10.4. The van der Waals surface area contributed by atoms with Crippen molar-refractivity contribution in [2.24, 2.45) is 0 Å². The van der Waals surface area contributed by atoms with Gasteiger partial charge in [0.05, 0.1) is 6.26 Å². The highest BCUT2D eigenvalue weighted by Crippen LogP contribution is 2.20. The van der Waals surface area contributed by atoms with E-state index in [9.17, 15) is 0 Å². The van der Waals surface area contributed by atoms with Crippen molar-refractivity contribution in [1.82, 2.24) is 10.1 Å². The summed E-state index contributed by atoms with van der Waals surface area (Å²) in [4.78, 5) is 4.07. The molecule has 0 saturated heterocycles. The Bertz CT molecular complexity index is 642. The first-order chi connectivity index (χ1) is 8.33. The SMILES string of the molecule is Cc1noc(NCc2cccc3ccoc23)n1. The minimum atomic E-state index is 0.422. The summed E-state index contributed by atoms with van der Waals surface area (Å²) in [6, 6.07) is 8.37. The number of hydrogen-bond acceptors (Lipinski definition) is 5. The molecule has 0 amide bonds. The lowest BCUT2D eigenvalue weighted by molar-refractivity contribution is 0.425. The Hall–Kier alpha value is -2.30. The molecule has 0 unspecified atom stereocenters. The zero-order valence-corrected chi connectivity index (χ0v) is 9.30. The maximum Gasteiger partial charge on any atom is 0.321 e. The third-order valence-corrected chi connectivity index (χ3v) is 2.52. The van der Waals surface area contributed by atoms with Crippen molar-refractivity contribution in [3.8, 4) is 0 Å². The summed E-state index contributed by atoms with van der Waals surface area (Å²) in [6.45, 7) is 2.37. The molecule has 2 heterocycles. The molecule has 1 N–H and O–H groups in total. The summed E-state index contributed by atoms with van der Waals surface area (Å²) in [5.74, 6) is 0.615. The number of aryl methyl sites for hydroxylation is 1. The van der Waals surface area contributed by atoms with Gasteiger partial charge in [-0.1, -0.05) is 23.4 Å². The fourth-order valence-electron chi connectivity index (χ4n) is 1.73. The lowest BCUT2D eigenvalue weighted by atomic mass is 10.1. The second-order valence-corrected chi connectivity index (χ2v) is 3.76. The molecule has 0 aliphatic carbocycles. The fraction of sp³-hybridized carbons (Fsp3) is 0.167. The van der Waals surface area contributed by atoms with Gasteiger partial charge in [-0.15, -0.1) is 0 Å². The third-order valence-electron chi connectivity index (χ3n) is 2.52. The predicted octanol–water partition coefficient (Wildman–Crippen LogP) is 2.74. The molecule has 1 aromatic carbocycles. The number of rotatable bonds is 3. The quantitative estimate of drug-likeness (QED) is 0.748. The minimum absolute atomic E-state index is 0.422. The summed E-state index contributed by atoms with van der Waals surface area (Å²) in [5.41, 5.74) is 1.94. The van der Waals surface area contributed by atoms with E-state index in [0.29, 0.717) is 18.4 Å². The van der Waals surface area contributed by atoms with Crippen LogP contribution in [0.1, 0.15) is 11.4 Å². The number of benzene rings is 1. The van der Waals surface area contributed by atoms with E-state index in [0.717, 1.165) is 16.5 Å². The molecular weight excluding hydrogens is 218 g/mol. The van der Waals surface area contributed by atoms with Crippen LogP contribution in [0.25, 0.3) is 11.0 Å². The van der Waals surface area contributed by atoms with Crippen LogP contribution in [0.5, 0.6) is 0 Å². The normalized spacial score (nSPS) is 10.9. The van der Waals surface area contributed by atoms with Gasteiger partial charge in [-0.2, -0.15) is 4.98 Å². The first-order valence-electron chi connectivity index (χ1n) is 5.32. The van der Waals surface area contributed by atoms with Crippen molar-refractivity contribution in [2.75, 3.05) is 5.32 Å². The highest BCUT2D eigenvalue weighted by Gasteiger charge is 2.06. The minimum Gasteiger partial charge on any atom is -0.464 e. The first-order valence-corrected chi connectivity index (χ1v) is 5.32. The number of para-hydroxylation sites is 1. The average Bonchev–Trinajstić information content (AvgIpc) is 2.94. The van der Waals surface area contributed by atoms with Crippen LogP contribution < -0.4 is 5.32 Å². The van der Waals surface area contributed by atoms with Crippen molar-refractivity contribution in [1.29, 1.82) is 0 Å². The zero-order valence-electron chi connectivity index (χ0n) is 9.30. The monoisotopic (exact) mass is 229 g/mol. The molecule has 0 fully saturated rings. The smallest absolute Gasteiger partial charge is 0.321 e. The number of hydrogen-bond donors (Lipinski definition) is 1. The number of nitrogens with zero attached hydrogens (tertiary/aromatic N) is 2. The van der Waals surface area contributed by atoms with E-state index in [4.69, 9.17) is 8.94 Å². The standard InChI is InChI=1S/C12H11N3O2/c1-8-14-12(17-15-8)13-7-10-4-2-3-9-5-6-16-11(9)10/h2-6H,7H2,1H3,(H,13,14,15). The summed E-state index contributed by atoms with van der Waals surface area (Å²) in [5, 5.41) is 7.86. The lowest BCUT2D eigenvalue weighted by Crippen LogP contribution is -1.99. The lowest BCUT2D eigenvalue weighted by Gasteiger charge is -2.01.